The Morgan fingerprint density at radius 3 is 2.62 bits per heavy atom. The van der Waals surface area contributed by atoms with Crippen LogP contribution in [0.1, 0.15) is 11.1 Å². The van der Waals surface area contributed by atoms with Crippen molar-refractivity contribution >= 4 is 17.5 Å². The second-order valence-electron chi connectivity index (χ2n) is 3.63. The lowest BCUT2D eigenvalue weighted by molar-refractivity contribution is 0.436. The number of benzene rings is 1. The van der Waals surface area contributed by atoms with E-state index in [1.54, 1.807) is 6.07 Å². The average molecular weight is 239 g/mol. The van der Waals surface area contributed by atoms with Gasteiger partial charge in [-0.25, -0.2) is 0 Å². The zero-order chi connectivity index (χ0) is 11.9. The zero-order valence-electron chi connectivity index (χ0n) is 8.91. The fraction of sp³-hybridized carbons (Fsp3) is 0.182. The van der Waals surface area contributed by atoms with Gasteiger partial charge in [0.1, 0.15) is 5.75 Å². The van der Waals surface area contributed by atoms with Crippen LogP contribution in [0.15, 0.2) is 16.8 Å². The fourth-order valence-electron chi connectivity index (χ4n) is 1.52. The maximum absolute atomic E-state index is 9.94. The van der Waals surface area contributed by atoms with Crippen molar-refractivity contribution in [3.05, 3.63) is 28.4 Å². The molecule has 0 aliphatic rings. The first-order valence-corrected chi connectivity index (χ1v) is 5.09. The van der Waals surface area contributed by atoms with Gasteiger partial charge in [0.25, 0.3) is 0 Å². The topological polar surface area (TPSA) is 72.3 Å². The molecule has 84 valence electrons. The molecule has 0 unspecified atom stereocenters. The number of anilines is 1. The normalized spacial score (nSPS) is 10.7. The molecule has 0 radical (unpaired) electrons. The van der Waals surface area contributed by atoms with E-state index < -0.39 is 0 Å². The summed E-state index contributed by atoms with van der Waals surface area (Å²) in [5.41, 5.74) is 8.49. The zero-order valence-corrected chi connectivity index (χ0v) is 9.67. The fourth-order valence-corrected chi connectivity index (χ4v) is 1.77. The van der Waals surface area contributed by atoms with Crippen LogP contribution < -0.4 is 5.73 Å². The average Bonchev–Trinajstić information content (AvgIpc) is 2.67. The summed E-state index contributed by atoms with van der Waals surface area (Å²) in [7, 11) is 0. The summed E-state index contributed by atoms with van der Waals surface area (Å²) in [5.74, 6) is 0.161. The van der Waals surface area contributed by atoms with E-state index in [4.69, 9.17) is 21.9 Å². The quantitative estimate of drug-likeness (QED) is 0.801. The molecule has 5 heteroatoms. The highest BCUT2D eigenvalue weighted by atomic mass is 35.5. The van der Waals surface area contributed by atoms with Crippen LogP contribution in [-0.4, -0.2) is 10.3 Å². The number of nitrogen functional groups attached to an aromatic ring is 1. The lowest BCUT2D eigenvalue weighted by Crippen LogP contribution is -1.90. The minimum absolute atomic E-state index is 0.000309. The second-order valence-corrected chi connectivity index (χ2v) is 4.01. The molecule has 0 atom stereocenters. The highest BCUT2D eigenvalue weighted by Crippen LogP contribution is 2.40. The predicted octanol–water partition coefficient (Wildman–Crippen LogP) is 2.90. The molecule has 16 heavy (non-hydrogen) atoms. The molecule has 0 amide bonds. The molecular formula is C11H11ClN2O2. The number of aromatic nitrogens is 1. The number of aryl methyl sites for hydroxylation is 1. The van der Waals surface area contributed by atoms with Crippen LogP contribution in [0.25, 0.3) is 11.1 Å². The Morgan fingerprint density at radius 1 is 1.38 bits per heavy atom. The highest BCUT2D eigenvalue weighted by molar-refractivity contribution is 6.33. The van der Waals surface area contributed by atoms with Gasteiger partial charge in [-0.05, 0) is 31.0 Å². The minimum atomic E-state index is -0.000309. The van der Waals surface area contributed by atoms with Crippen LogP contribution in [0, 0.1) is 13.8 Å². The van der Waals surface area contributed by atoms with Crippen molar-refractivity contribution in [2.45, 2.75) is 13.8 Å². The first kappa shape index (κ1) is 10.8. The molecule has 0 saturated carbocycles. The number of hydrogen-bond donors (Lipinski definition) is 2. The van der Waals surface area contributed by atoms with Gasteiger partial charge in [-0.3, -0.25) is 0 Å². The molecule has 0 aliphatic heterocycles. The van der Waals surface area contributed by atoms with Crippen LogP contribution in [-0.2, 0) is 0 Å². The Kier molecular flexibility index (Phi) is 2.52. The standard InChI is InChI=1S/C11H11ClN2O2/c1-5-3-7(8-4-14-16-11(8)13)10(15)9(12)6(5)2/h3-4,15H,13H2,1-2H3. The Labute approximate surface area is 97.6 Å². The third kappa shape index (κ3) is 1.51. The Hall–Kier alpha value is -1.68. The summed E-state index contributed by atoms with van der Waals surface area (Å²) >= 11 is 6.02. The molecule has 0 fully saturated rings. The van der Waals surface area contributed by atoms with Crippen molar-refractivity contribution in [3.8, 4) is 16.9 Å². The number of rotatable bonds is 1. The van der Waals surface area contributed by atoms with E-state index in [2.05, 4.69) is 5.16 Å². The van der Waals surface area contributed by atoms with Crippen molar-refractivity contribution in [2.75, 3.05) is 5.73 Å². The molecule has 0 bridgehead atoms. The van der Waals surface area contributed by atoms with E-state index >= 15 is 0 Å². The maximum Gasteiger partial charge on any atom is 0.230 e. The van der Waals surface area contributed by atoms with Gasteiger partial charge in [0.05, 0.1) is 16.8 Å². The SMILES string of the molecule is Cc1cc(-c2cnoc2N)c(O)c(Cl)c1C. The van der Waals surface area contributed by atoms with Crippen molar-refractivity contribution in [3.63, 3.8) is 0 Å². The molecule has 2 rings (SSSR count). The van der Waals surface area contributed by atoms with Gasteiger partial charge in [-0.1, -0.05) is 16.8 Å². The number of nitrogens with two attached hydrogens (primary N) is 1. The number of aromatic hydroxyl groups is 1. The van der Waals surface area contributed by atoms with E-state index in [9.17, 15) is 5.11 Å². The third-order valence-corrected chi connectivity index (χ3v) is 3.10. The number of hydrogen-bond acceptors (Lipinski definition) is 4. The van der Waals surface area contributed by atoms with Crippen molar-refractivity contribution in [1.29, 1.82) is 0 Å². The van der Waals surface area contributed by atoms with Gasteiger partial charge >= 0.3 is 0 Å². The monoisotopic (exact) mass is 238 g/mol. The van der Waals surface area contributed by atoms with Gasteiger partial charge < -0.3 is 15.4 Å². The molecule has 0 spiro atoms. The lowest BCUT2D eigenvalue weighted by atomic mass is 10.0. The Morgan fingerprint density at radius 2 is 2.06 bits per heavy atom. The van der Waals surface area contributed by atoms with Crippen molar-refractivity contribution in [2.24, 2.45) is 0 Å². The van der Waals surface area contributed by atoms with Crippen LogP contribution in [0.5, 0.6) is 5.75 Å². The summed E-state index contributed by atoms with van der Waals surface area (Å²) in [6, 6.07) is 1.80. The van der Waals surface area contributed by atoms with Crippen LogP contribution in [0.4, 0.5) is 5.88 Å². The van der Waals surface area contributed by atoms with E-state index in [0.29, 0.717) is 16.1 Å². The molecule has 1 aromatic carbocycles. The molecular weight excluding hydrogens is 228 g/mol. The summed E-state index contributed by atoms with van der Waals surface area (Å²) in [6.45, 7) is 3.76. The third-order valence-electron chi connectivity index (χ3n) is 2.63. The first-order valence-electron chi connectivity index (χ1n) is 4.71. The molecule has 2 aromatic rings. The smallest absolute Gasteiger partial charge is 0.230 e. The second kappa shape index (κ2) is 3.72. The Balaban J connectivity index is 2.72. The largest absolute Gasteiger partial charge is 0.506 e. The van der Waals surface area contributed by atoms with Crippen LogP contribution in [0.2, 0.25) is 5.02 Å². The van der Waals surface area contributed by atoms with Crippen molar-refractivity contribution < 1.29 is 9.63 Å². The molecule has 4 nitrogen and oxygen atoms in total. The Bertz CT molecular complexity index is 549. The van der Waals surface area contributed by atoms with E-state index in [-0.39, 0.29) is 11.6 Å². The van der Waals surface area contributed by atoms with Crippen LogP contribution >= 0.6 is 11.6 Å². The van der Waals surface area contributed by atoms with Crippen LogP contribution in [0.3, 0.4) is 0 Å². The van der Waals surface area contributed by atoms with Crippen molar-refractivity contribution in [1.82, 2.24) is 5.16 Å². The van der Waals surface area contributed by atoms with Gasteiger partial charge in [0, 0.05) is 5.56 Å². The lowest BCUT2D eigenvalue weighted by Gasteiger charge is -2.10. The van der Waals surface area contributed by atoms with E-state index in [1.807, 2.05) is 13.8 Å². The highest BCUT2D eigenvalue weighted by Gasteiger charge is 2.16. The van der Waals surface area contributed by atoms with Gasteiger partial charge in [-0.15, -0.1) is 0 Å². The molecule has 1 heterocycles. The summed E-state index contributed by atoms with van der Waals surface area (Å²) < 4.78 is 4.76. The number of nitrogens with zero attached hydrogens (tertiary/aromatic N) is 1. The molecule has 1 aromatic heterocycles. The maximum atomic E-state index is 9.94. The van der Waals surface area contributed by atoms with E-state index in [1.165, 1.54) is 6.20 Å². The summed E-state index contributed by atoms with van der Waals surface area (Å²) in [4.78, 5) is 0. The number of phenols is 1. The number of halogens is 1. The first-order chi connectivity index (χ1) is 7.52. The molecule has 0 saturated heterocycles. The molecule has 0 aliphatic carbocycles. The van der Waals surface area contributed by atoms with Gasteiger partial charge in [0.15, 0.2) is 0 Å². The van der Waals surface area contributed by atoms with Gasteiger partial charge in [-0.2, -0.15) is 0 Å². The van der Waals surface area contributed by atoms with Gasteiger partial charge in [0.2, 0.25) is 5.88 Å². The minimum Gasteiger partial charge on any atom is -0.506 e. The summed E-state index contributed by atoms with van der Waals surface area (Å²) in [6.07, 6.45) is 1.45. The predicted molar refractivity (Wildman–Crippen MR) is 62.5 cm³/mol. The van der Waals surface area contributed by atoms with E-state index in [0.717, 1.165) is 11.1 Å². The number of phenolic OH excluding ortho intramolecular Hbond substituents is 1. The molecule has 3 N–H and O–H groups in total. The summed E-state index contributed by atoms with van der Waals surface area (Å²) in [5, 5.41) is 13.8.